The Balaban J connectivity index is 1.90. The van der Waals surface area contributed by atoms with Gasteiger partial charge in [0.15, 0.2) is 24.4 Å². The van der Waals surface area contributed by atoms with E-state index in [1.807, 2.05) is 0 Å². The van der Waals surface area contributed by atoms with Gasteiger partial charge >= 0.3 is 5.97 Å². The number of rotatable bonds is 7. The molecule has 0 radical (unpaired) electrons. The molecule has 0 saturated carbocycles. The lowest BCUT2D eigenvalue weighted by molar-refractivity contribution is -0.147. The third-order valence-electron chi connectivity index (χ3n) is 3.05. The molecule has 1 heterocycles. The van der Waals surface area contributed by atoms with E-state index in [2.05, 4.69) is 28.2 Å². The Kier molecular flexibility index (Phi) is 5.71. The number of methoxy groups -OCH3 is 1. The molecule has 0 spiro atoms. The van der Waals surface area contributed by atoms with Crippen molar-refractivity contribution in [2.75, 3.05) is 12.6 Å². The number of benzene rings is 1. The van der Waals surface area contributed by atoms with Gasteiger partial charge in [-0.2, -0.15) is 0 Å². The Morgan fingerprint density at radius 2 is 2.08 bits per heavy atom. The Morgan fingerprint density at radius 3 is 2.72 bits per heavy atom. The Hall–Kier alpha value is -3.38. The van der Waals surface area contributed by atoms with Crippen molar-refractivity contribution in [3.63, 3.8) is 0 Å². The number of nitrogens with zero attached hydrogens (tertiary/aromatic N) is 1. The van der Waals surface area contributed by atoms with Gasteiger partial charge in [0, 0.05) is 6.07 Å². The lowest BCUT2D eigenvalue weighted by atomic mass is 10.1. The summed E-state index contributed by atoms with van der Waals surface area (Å²) in [5.41, 5.74) is 4.91. The molecule has 9 heteroatoms. The van der Waals surface area contributed by atoms with Crippen LogP contribution in [0.5, 0.6) is 5.75 Å². The second kappa shape index (κ2) is 7.94. The molecule has 0 aliphatic heterocycles. The fourth-order valence-electron chi connectivity index (χ4n) is 1.63. The molecule has 0 aliphatic carbocycles. The van der Waals surface area contributed by atoms with Gasteiger partial charge in [-0.25, -0.2) is 10.5 Å². The molecule has 0 atom stereocenters. The zero-order valence-electron chi connectivity index (χ0n) is 13.8. The lowest BCUT2D eigenvalue weighted by Gasteiger charge is -2.17. The summed E-state index contributed by atoms with van der Waals surface area (Å²) in [6, 6.07) is 5.19. The first-order valence-corrected chi connectivity index (χ1v) is 7.09. The zero-order chi connectivity index (χ0) is 18.3. The van der Waals surface area contributed by atoms with E-state index in [4.69, 9.17) is 23.9 Å². The Bertz CT molecular complexity index is 777. The fraction of sp³-hybridized carbons (Fsp3) is 0.250. The van der Waals surface area contributed by atoms with E-state index >= 15 is 0 Å². The number of hydrogen-bond acceptors (Lipinski definition) is 8. The van der Waals surface area contributed by atoms with E-state index in [9.17, 15) is 4.79 Å². The lowest BCUT2D eigenvalue weighted by Crippen LogP contribution is -2.45. The fourth-order valence-corrected chi connectivity index (χ4v) is 1.63. The van der Waals surface area contributed by atoms with Crippen molar-refractivity contribution in [1.29, 1.82) is 0 Å². The summed E-state index contributed by atoms with van der Waals surface area (Å²) in [5.74, 6) is 0.0522. The summed E-state index contributed by atoms with van der Waals surface area (Å²) in [6.07, 6.45) is 7.29. The predicted molar refractivity (Wildman–Crippen MR) is 86.9 cm³/mol. The molecule has 0 saturated heterocycles. The van der Waals surface area contributed by atoms with Gasteiger partial charge in [0.25, 0.3) is 0 Å². The normalized spacial score (nSPS) is 10.4. The van der Waals surface area contributed by atoms with E-state index in [1.54, 1.807) is 24.4 Å². The van der Waals surface area contributed by atoms with Crippen LogP contribution in [0.15, 0.2) is 35.2 Å². The van der Waals surface area contributed by atoms with Crippen LogP contribution < -0.4 is 15.7 Å². The quantitative estimate of drug-likeness (QED) is 0.511. The van der Waals surface area contributed by atoms with Crippen molar-refractivity contribution in [3.8, 4) is 29.3 Å². The van der Waals surface area contributed by atoms with Gasteiger partial charge in [0.05, 0.1) is 24.6 Å². The minimum absolute atomic E-state index is 0.555. The first-order chi connectivity index (χ1) is 11.9. The number of aromatic nitrogens is 1. The largest absolute Gasteiger partial charge is 0.496 e. The Morgan fingerprint density at radius 1 is 1.32 bits per heavy atom. The molecule has 1 aromatic carbocycles. The summed E-state index contributed by atoms with van der Waals surface area (Å²) in [5, 5.41) is 8.88. The molecule has 0 amide bonds. The van der Waals surface area contributed by atoms with Crippen LogP contribution in [0, 0.1) is 12.2 Å². The molecule has 0 unspecified atom stereocenters. The molecular formula is C16H17N3O6. The van der Waals surface area contributed by atoms with Crippen molar-refractivity contribution in [2.45, 2.75) is 19.4 Å². The molecule has 132 valence electrons. The summed E-state index contributed by atoms with van der Waals surface area (Å²) in [4.78, 5) is 24.3. The van der Waals surface area contributed by atoms with Crippen LogP contribution in [0.2, 0.25) is 0 Å². The number of oxazole rings is 1. The zero-order valence-corrected chi connectivity index (χ0v) is 13.8. The SMILES string of the molecule is COc1cc(NOC#CONC(C)(C)C(=O)O)ccc1-c1cnco1. The second-order valence-electron chi connectivity index (χ2n) is 5.32. The molecular weight excluding hydrogens is 330 g/mol. The van der Waals surface area contributed by atoms with Crippen LogP contribution in [0.1, 0.15) is 13.8 Å². The van der Waals surface area contributed by atoms with Crippen molar-refractivity contribution in [1.82, 2.24) is 10.5 Å². The summed E-state index contributed by atoms with van der Waals surface area (Å²) in [6.45, 7) is 2.86. The third-order valence-corrected chi connectivity index (χ3v) is 3.05. The van der Waals surface area contributed by atoms with Crippen LogP contribution >= 0.6 is 0 Å². The number of nitrogens with one attached hydrogen (secondary N) is 2. The minimum atomic E-state index is -1.27. The standard InChI is InChI=1S/C16H17N3O6/c1-16(2,15(20)21)19-25-7-6-24-18-11-4-5-12(13(8-11)22-3)14-9-17-10-23-14/h4-5,8-10,18-19H,1-3H3,(H,20,21). The van der Waals surface area contributed by atoms with Crippen LogP contribution in [0.25, 0.3) is 11.3 Å². The van der Waals surface area contributed by atoms with Gasteiger partial charge in [-0.1, -0.05) is 0 Å². The molecule has 3 N–H and O–H groups in total. The highest BCUT2D eigenvalue weighted by Crippen LogP contribution is 2.32. The van der Waals surface area contributed by atoms with Gasteiger partial charge < -0.3 is 23.9 Å². The third kappa shape index (κ3) is 4.79. The monoisotopic (exact) mass is 347 g/mol. The number of aliphatic carboxylic acids is 1. The number of hydrogen-bond donors (Lipinski definition) is 3. The molecule has 0 aliphatic rings. The number of carboxylic acids is 1. The maximum atomic E-state index is 10.8. The highest BCUT2D eigenvalue weighted by atomic mass is 16.7. The number of carbonyl (C=O) groups is 1. The summed E-state index contributed by atoms with van der Waals surface area (Å²) in [7, 11) is 1.53. The Labute approximate surface area is 143 Å². The van der Waals surface area contributed by atoms with Crippen molar-refractivity contribution < 1.29 is 28.7 Å². The summed E-state index contributed by atoms with van der Waals surface area (Å²) >= 11 is 0. The second-order valence-corrected chi connectivity index (χ2v) is 5.32. The molecule has 1 aromatic heterocycles. The van der Waals surface area contributed by atoms with Crippen molar-refractivity contribution >= 4 is 11.7 Å². The molecule has 2 aromatic rings. The van der Waals surface area contributed by atoms with E-state index < -0.39 is 11.5 Å². The first kappa shape index (κ1) is 18.0. The van der Waals surface area contributed by atoms with Gasteiger partial charge in [-0.15, -0.1) is 5.48 Å². The van der Waals surface area contributed by atoms with Gasteiger partial charge in [-0.05, 0) is 26.0 Å². The van der Waals surface area contributed by atoms with Gasteiger partial charge in [0.1, 0.15) is 11.3 Å². The van der Waals surface area contributed by atoms with E-state index in [0.717, 1.165) is 5.56 Å². The average Bonchev–Trinajstić information content (AvgIpc) is 3.11. The number of carboxylic acid groups (broad SMARTS) is 1. The van der Waals surface area contributed by atoms with Crippen molar-refractivity contribution in [2.24, 2.45) is 0 Å². The molecule has 25 heavy (non-hydrogen) atoms. The topological polar surface area (TPSA) is 115 Å². The smallest absolute Gasteiger partial charge is 0.326 e. The van der Waals surface area contributed by atoms with E-state index in [1.165, 1.54) is 27.4 Å². The van der Waals surface area contributed by atoms with Crippen LogP contribution in [0.4, 0.5) is 5.69 Å². The molecule has 9 nitrogen and oxygen atoms in total. The number of hydroxylamine groups is 1. The van der Waals surface area contributed by atoms with E-state index in [0.29, 0.717) is 17.2 Å². The predicted octanol–water partition coefficient (Wildman–Crippen LogP) is 2.00. The summed E-state index contributed by atoms with van der Waals surface area (Å²) < 4.78 is 10.5. The maximum absolute atomic E-state index is 10.8. The minimum Gasteiger partial charge on any atom is -0.496 e. The highest BCUT2D eigenvalue weighted by molar-refractivity contribution is 5.77. The van der Waals surface area contributed by atoms with Crippen LogP contribution in [-0.2, 0) is 14.5 Å². The molecule has 0 fully saturated rings. The van der Waals surface area contributed by atoms with E-state index in [-0.39, 0.29) is 0 Å². The van der Waals surface area contributed by atoms with Crippen LogP contribution in [0.3, 0.4) is 0 Å². The maximum Gasteiger partial charge on any atom is 0.326 e. The molecule has 2 rings (SSSR count). The van der Waals surface area contributed by atoms with Crippen LogP contribution in [-0.4, -0.2) is 28.7 Å². The highest BCUT2D eigenvalue weighted by Gasteiger charge is 2.27. The van der Waals surface area contributed by atoms with Crippen molar-refractivity contribution in [3.05, 3.63) is 30.8 Å². The van der Waals surface area contributed by atoms with Gasteiger partial charge in [0.2, 0.25) is 0 Å². The number of ether oxygens (including phenoxy) is 1. The average molecular weight is 347 g/mol. The van der Waals surface area contributed by atoms with Gasteiger partial charge in [-0.3, -0.25) is 4.79 Å². The molecule has 0 bridgehead atoms. The first-order valence-electron chi connectivity index (χ1n) is 7.09. The number of anilines is 1.